The molecule has 34 heteroatoms. The number of carbonyl (C=O) groups is 9. The molecule has 0 spiro atoms. The molecule has 3 amide bonds. The summed E-state index contributed by atoms with van der Waals surface area (Å²) in [6.07, 6.45) is 4.89. The van der Waals surface area contributed by atoms with Crippen molar-refractivity contribution in [2.24, 2.45) is 5.92 Å². The Morgan fingerprint density at radius 1 is 0.634 bits per heavy atom. The highest BCUT2D eigenvalue weighted by atomic mass is 32.2. The highest BCUT2D eigenvalue weighted by Crippen LogP contribution is 2.27. The fourth-order valence-corrected chi connectivity index (χ4v) is 13.7. The van der Waals surface area contributed by atoms with Gasteiger partial charge in [0.05, 0.1) is 49.4 Å². The molecule has 3 atom stereocenters. The van der Waals surface area contributed by atoms with E-state index in [2.05, 4.69) is 26.7 Å². The maximum Gasteiger partial charge on any atom is 0.326 e. The summed E-state index contributed by atoms with van der Waals surface area (Å²) in [6, 6.07) is 3.58. The van der Waals surface area contributed by atoms with Gasteiger partial charge < -0.3 is 40.7 Å². The second-order valence-corrected chi connectivity index (χ2v) is 29.0. The molecule has 1 aromatic carbocycles. The van der Waals surface area contributed by atoms with Crippen molar-refractivity contribution in [3.8, 4) is 5.75 Å². The number of rotatable bonds is 37. The highest BCUT2D eigenvalue weighted by Gasteiger charge is 2.35. The number of carbonyl (C=O) groups excluding carboxylic acids is 6. The van der Waals surface area contributed by atoms with Crippen LogP contribution >= 0.6 is 0 Å². The van der Waals surface area contributed by atoms with Crippen molar-refractivity contribution in [3.63, 3.8) is 0 Å². The van der Waals surface area contributed by atoms with Gasteiger partial charge in [0.25, 0.3) is 20.2 Å². The topological polar surface area (TPSA) is 450 Å². The van der Waals surface area contributed by atoms with Gasteiger partial charge in [-0.05, 0) is 127 Å². The Labute approximate surface area is 543 Å². The normalized spacial score (nSPS) is 16.2. The molecule has 1 aliphatic heterocycles. The molecule has 2 aliphatic rings. The number of aromatic nitrogens is 1. The van der Waals surface area contributed by atoms with Crippen molar-refractivity contribution in [2.45, 2.75) is 141 Å². The monoisotopic (exact) mass is 1370 g/mol. The van der Waals surface area contributed by atoms with Crippen molar-refractivity contribution in [2.75, 3.05) is 110 Å². The fraction of sp³-hybridized carbons (Fsp3) is 0.661. The average Bonchev–Trinajstić information content (AvgIpc) is 0.802. The molecule has 0 saturated carbocycles. The molecule has 0 bridgehead atoms. The summed E-state index contributed by atoms with van der Waals surface area (Å²) >= 11 is 0. The van der Waals surface area contributed by atoms with Crippen LogP contribution in [0.5, 0.6) is 5.75 Å². The van der Waals surface area contributed by atoms with Crippen molar-refractivity contribution in [3.05, 3.63) is 52.3 Å². The lowest BCUT2D eigenvalue weighted by Crippen LogP contribution is -2.50. The van der Waals surface area contributed by atoms with E-state index in [0.717, 1.165) is 37.1 Å². The van der Waals surface area contributed by atoms with Crippen LogP contribution in [0.25, 0.3) is 0 Å². The van der Waals surface area contributed by atoms with Crippen LogP contribution < -0.4 is 25.4 Å². The fourth-order valence-electron chi connectivity index (χ4n) is 10.6. The predicted octanol–water partition coefficient (Wildman–Crippen LogP) is 0.0307. The number of fused-ring (bicyclic) bond motifs is 1. The first-order valence-corrected chi connectivity index (χ1v) is 35.4. The summed E-state index contributed by atoms with van der Waals surface area (Å²) in [5.74, 6) is -12.9. The Balaban J connectivity index is 1.29. The molecule has 1 aromatic heterocycles. The molecule has 4 rings (SSSR count). The van der Waals surface area contributed by atoms with Gasteiger partial charge in [0.1, 0.15) is 35.0 Å². The Morgan fingerprint density at radius 3 is 1.68 bits per heavy atom. The molecule has 1 aliphatic carbocycles. The second kappa shape index (κ2) is 37.5. The Morgan fingerprint density at radius 2 is 1.15 bits per heavy atom. The van der Waals surface area contributed by atoms with Gasteiger partial charge in [-0.1, -0.05) is 6.07 Å². The highest BCUT2D eigenvalue weighted by molar-refractivity contribution is 7.89. The summed E-state index contributed by atoms with van der Waals surface area (Å²) in [7, 11) is -14.5. The molecule has 1 fully saturated rings. The van der Waals surface area contributed by atoms with E-state index in [1.54, 1.807) is 20.8 Å². The molecule has 93 heavy (non-hydrogen) atoms. The molecule has 9 N–H and O–H groups in total. The summed E-state index contributed by atoms with van der Waals surface area (Å²) < 4.78 is 110. The minimum Gasteiger partial charge on any atom is -0.494 e. The van der Waals surface area contributed by atoms with Gasteiger partial charge in [0, 0.05) is 103 Å². The predicted molar refractivity (Wildman–Crippen MR) is 336 cm³/mol. The number of carboxylic acid groups (broad SMARTS) is 3. The molecule has 2 heterocycles. The van der Waals surface area contributed by atoms with Crippen LogP contribution in [0, 0.1) is 19.8 Å². The van der Waals surface area contributed by atoms with Gasteiger partial charge in [0.2, 0.25) is 27.7 Å². The second-order valence-electron chi connectivity index (χ2n) is 24.4. The summed E-state index contributed by atoms with van der Waals surface area (Å²) in [5, 5.41) is 35.8. The summed E-state index contributed by atoms with van der Waals surface area (Å²) in [5.41, 5.74) is 2.92. The largest absolute Gasteiger partial charge is 0.494 e. The Hall–Kier alpha value is -6.63. The van der Waals surface area contributed by atoms with Crippen molar-refractivity contribution in [1.82, 2.24) is 45.3 Å². The van der Waals surface area contributed by atoms with Crippen LogP contribution in [0.15, 0.2) is 29.2 Å². The van der Waals surface area contributed by atoms with E-state index in [1.165, 1.54) is 51.1 Å². The van der Waals surface area contributed by atoms with E-state index in [0.29, 0.717) is 19.3 Å². The SMILES string of the molecule is Cc1cc(OCCCC(=O)NCCCC(=O)[C@H](CS(=O)(=O)O)NC(=O)[C@@H](CC(=O)CN2CCN(CC(=O)O)CCN(CC(=O)O)CCN(CC(=O)O)CC2)CS(=O)(=O)O)cc(C)c1S(=O)(=O)N[C@@H](CNC(=O)CCCCc1ccc2c(n1)CCCC2)C(=O)OC(C)(C)C. The number of amides is 3. The number of Topliss-reactive ketones (excluding diaryl/α,β-unsaturated/α-hetero) is 2. The Kier molecular flexibility index (Phi) is 31.7. The molecular weight excluding hydrogens is 1280 g/mol. The number of ether oxygens (including phenoxy) is 2. The van der Waals surface area contributed by atoms with E-state index in [4.69, 9.17) is 14.5 Å². The zero-order valence-corrected chi connectivity index (χ0v) is 55.8. The first-order valence-electron chi connectivity index (χ1n) is 30.7. The quantitative estimate of drug-likeness (QED) is 0.0245. The van der Waals surface area contributed by atoms with Crippen molar-refractivity contribution >= 4 is 83.4 Å². The molecule has 31 nitrogen and oxygen atoms in total. The van der Waals surface area contributed by atoms with Crippen LogP contribution in [-0.2, 0) is 97.4 Å². The summed E-state index contributed by atoms with van der Waals surface area (Å²) in [6.45, 7) is 5.81. The third kappa shape index (κ3) is 31.4. The number of aryl methyl sites for hydroxylation is 5. The number of sulfonamides is 1. The first kappa shape index (κ1) is 78.8. The number of aliphatic carboxylic acids is 3. The lowest BCUT2D eigenvalue weighted by Gasteiger charge is -2.33. The number of ketones is 2. The molecule has 0 unspecified atom stereocenters. The molecular formula is C59H91N9O22S3. The van der Waals surface area contributed by atoms with Gasteiger partial charge in [-0.2, -0.15) is 21.6 Å². The van der Waals surface area contributed by atoms with Crippen LogP contribution in [0.2, 0.25) is 0 Å². The number of esters is 1. The zero-order chi connectivity index (χ0) is 69.3. The lowest BCUT2D eigenvalue weighted by atomic mass is 9.95. The maximum atomic E-state index is 14.0. The molecule has 2 aromatic rings. The third-order valence-electron chi connectivity index (χ3n) is 15.0. The third-order valence-corrected chi connectivity index (χ3v) is 18.4. The maximum absolute atomic E-state index is 14.0. The number of nitrogens with one attached hydrogen (secondary N) is 4. The number of unbranched alkanes of at least 4 members (excludes halogenated alkanes) is 1. The number of hydrogen-bond acceptors (Lipinski definition) is 22. The minimum atomic E-state index is -5.03. The van der Waals surface area contributed by atoms with Gasteiger partial charge in [-0.15, -0.1) is 0 Å². The van der Waals surface area contributed by atoms with Crippen LogP contribution in [-0.4, -0.2) is 255 Å². The number of carboxylic acids is 3. The van der Waals surface area contributed by atoms with Gasteiger partial charge in [0.15, 0.2) is 5.78 Å². The minimum absolute atomic E-state index is 0.00656. The number of nitrogens with zero attached hydrogens (tertiary/aromatic N) is 5. The van der Waals surface area contributed by atoms with Gasteiger partial charge in [-0.25, -0.2) is 8.42 Å². The zero-order valence-electron chi connectivity index (χ0n) is 53.4. The van der Waals surface area contributed by atoms with Crippen molar-refractivity contribution in [1.29, 1.82) is 0 Å². The van der Waals surface area contributed by atoms with E-state index in [1.807, 2.05) is 6.07 Å². The van der Waals surface area contributed by atoms with E-state index < -0.39 is 152 Å². The van der Waals surface area contributed by atoms with Gasteiger partial charge in [-0.3, -0.25) is 76.8 Å². The van der Waals surface area contributed by atoms with Gasteiger partial charge >= 0.3 is 23.9 Å². The average molecular weight is 1370 g/mol. The standard InChI is InChI=1S/C59H91N9O22S3/c1-40-30-46(31-41(2)56(40)93(87,88)64-48(58(80)90-59(3,4)5)33-61-52(72)16-9-7-13-44-19-18-42-12-6-8-14-47(42)62-44)89-29-11-17-51(71)60-20-10-15-50(70)49(39-92(84,85)86)63-57(79)43(38-91(81,82)83)32-45(69)34-65-21-23-66(35-53(73)74)25-27-68(37-55(77)78)28-26-67(24-22-65)36-54(75)76/h18-19,30-31,43,48-49,64H,6-17,20-29,32-39H2,1-5H3,(H,60,71)(H,61,72)(H,63,79)(H,73,74)(H,75,76)(H,77,78)(H,81,82,83)(H,84,85,86)/t43-,48-,49-/m0/s1. The first-order chi connectivity index (χ1) is 43.4. The summed E-state index contributed by atoms with van der Waals surface area (Å²) in [4.78, 5) is 125. The number of hydrogen-bond donors (Lipinski definition) is 9. The smallest absolute Gasteiger partial charge is 0.326 e. The van der Waals surface area contributed by atoms with E-state index in [-0.39, 0.29) is 125 Å². The Bertz CT molecular complexity index is 3240. The van der Waals surface area contributed by atoms with E-state index >= 15 is 0 Å². The van der Waals surface area contributed by atoms with Crippen LogP contribution in [0.1, 0.15) is 113 Å². The molecule has 1 saturated heterocycles. The molecule has 0 radical (unpaired) electrons. The lowest BCUT2D eigenvalue weighted by molar-refractivity contribution is -0.157. The number of benzene rings is 1. The van der Waals surface area contributed by atoms with E-state index in [9.17, 15) is 92.8 Å². The number of pyridine rings is 1. The molecule has 522 valence electrons. The van der Waals surface area contributed by atoms with Crippen molar-refractivity contribution < 1.29 is 102 Å². The van der Waals surface area contributed by atoms with Crippen LogP contribution in [0.3, 0.4) is 0 Å². The van der Waals surface area contributed by atoms with Crippen LogP contribution in [0.4, 0.5) is 0 Å².